The van der Waals surface area contributed by atoms with E-state index in [1.54, 1.807) is 11.8 Å². The summed E-state index contributed by atoms with van der Waals surface area (Å²) in [6, 6.07) is 8.43. The van der Waals surface area contributed by atoms with E-state index in [1.807, 2.05) is 6.20 Å². The lowest BCUT2D eigenvalue weighted by atomic mass is 10.2. The summed E-state index contributed by atoms with van der Waals surface area (Å²) in [6.45, 7) is 0. The predicted octanol–water partition coefficient (Wildman–Crippen LogP) is 3.58. The van der Waals surface area contributed by atoms with Gasteiger partial charge in [-0.15, -0.1) is 23.4 Å². The van der Waals surface area contributed by atoms with E-state index in [0.29, 0.717) is 5.88 Å². The first-order chi connectivity index (χ1) is 7.83. The molecule has 1 heterocycles. The molecule has 2 rings (SSSR count). The fourth-order valence-electron chi connectivity index (χ4n) is 1.50. The molecule has 2 nitrogen and oxygen atoms in total. The second-order valence-electron chi connectivity index (χ2n) is 3.41. The standard InChI is InChI=1S/C12H13ClN2S/c1-16-10-4-2-9(3-5-10)11-8-14-12(15-11)6-7-13/h2-5,8H,6-7H2,1H3,(H,14,15). The molecule has 0 radical (unpaired) electrons. The van der Waals surface area contributed by atoms with Gasteiger partial charge in [0, 0.05) is 17.2 Å². The second kappa shape index (κ2) is 5.41. The lowest BCUT2D eigenvalue weighted by Gasteiger charge is -1.99. The van der Waals surface area contributed by atoms with Gasteiger partial charge in [-0.25, -0.2) is 4.98 Å². The van der Waals surface area contributed by atoms with Crippen LogP contribution >= 0.6 is 23.4 Å². The van der Waals surface area contributed by atoms with Crippen LogP contribution in [0.4, 0.5) is 0 Å². The highest BCUT2D eigenvalue weighted by molar-refractivity contribution is 7.98. The molecule has 1 aromatic heterocycles. The fourth-order valence-corrected chi connectivity index (χ4v) is 2.08. The van der Waals surface area contributed by atoms with E-state index in [-0.39, 0.29) is 0 Å². The van der Waals surface area contributed by atoms with Crippen LogP contribution in [0.5, 0.6) is 0 Å². The third-order valence-electron chi connectivity index (χ3n) is 2.36. The van der Waals surface area contributed by atoms with Crippen LogP contribution in [0.15, 0.2) is 35.4 Å². The number of aromatic amines is 1. The fraction of sp³-hybridized carbons (Fsp3) is 0.250. The Morgan fingerprint density at radius 1 is 1.31 bits per heavy atom. The molecule has 0 aliphatic carbocycles. The van der Waals surface area contributed by atoms with Gasteiger partial charge < -0.3 is 4.98 Å². The summed E-state index contributed by atoms with van der Waals surface area (Å²) in [7, 11) is 0. The van der Waals surface area contributed by atoms with Gasteiger partial charge in [-0.3, -0.25) is 0 Å². The first-order valence-electron chi connectivity index (χ1n) is 5.08. The van der Waals surface area contributed by atoms with E-state index >= 15 is 0 Å². The second-order valence-corrected chi connectivity index (χ2v) is 4.67. The van der Waals surface area contributed by atoms with Crippen LogP contribution in [0, 0.1) is 0 Å². The molecule has 0 fully saturated rings. The molecule has 0 unspecified atom stereocenters. The van der Waals surface area contributed by atoms with Crippen molar-refractivity contribution >= 4 is 23.4 Å². The normalized spacial score (nSPS) is 10.6. The van der Waals surface area contributed by atoms with Gasteiger partial charge in [-0.1, -0.05) is 12.1 Å². The molecule has 0 atom stereocenters. The number of alkyl halides is 1. The lowest BCUT2D eigenvalue weighted by molar-refractivity contribution is 0.997. The Hall–Kier alpha value is -0.930. The number of halogens is 1. The van der Waals surface area contributed by atoms with Crippen molar-refractivity contribution in [2.24, 2.45) is 0 Å². The number of hydrogen-bond acceptors (Lipinski definition) is 2. The molecule has 84 valence electrons. The monoisotopic (exact) mass is 252 g/mol. The Kier molecular flexibility index (Phi) is 3.91. The number of nitrogens with zero attached hydrogens (tertiary/aromatic N) is 1. The van der Waals surface area contributed by atoms with Crippen molar-refractivity contribution in [3.63, 3.8) is 0 Å². The van der Waals surface area contributed by atoms with E-state index in [9.17, 15) is 0 Å². The number of H-pyrrole nitrogens is 1. The molecule has 0 amide bonds. The number of thioether (sulfide) groups is 1. The van der Waals surface area contributed by atoms with Crippen LogP contribution in [0.2, 0.25) is 0 Å². The molecule has 1 aromatic carbocycles. The highest BCUT2D eigenvalue weighted by Crippen LogP contribution is 2.21. The minimum atomic E-state index is 0.596. The zero-order valence-electron chi connectivity index (χ0n) is 9.03. The molecule has 0 aliphatic heterocycles. The average Bonchev–Trinajstić information content (AvgIpc) is 2.78. The maximum Gasteiger partial charge on any atom is 0.107 e. The summed E-state index contributed by atoms with van der Waals surface area (Å²) in [4.78, 5) is 8.81. The average molecular weight is 253 g/mol. The third-order valence-corrected chi connectivity index (χ3v) is 3.29. The van der Waals surface area contributed by atoms with Gasteiger partial charge in [0.1, 0.15) is 5.82 Å². The molecule has 0 aliphatic rings. The summed E-state index contributed by atoms with van der Waals surface area (Å²) in [5, 5.41) is 0. The summed E-state index contributed by atoms with van der Waals surface area (Å²) >= 11 is 7.41. The molecule has 1 N–H and O–H groups in total. The van der Waals surface area contributed by atoms with Crippen LogP contribution < -0.4 is 0 Å². The molecule has 0 saturated heterocycles. The Balaban J connectivity index is 2.21. The number of rotatable bonds is 4. The van der Waals surface area contributed by atoms with Crippen molar-refractivity contribution in [3.8, 4) is 11.3 Å². The van der Waals surface area contributed by atoms with Gasteiger partial charge in [-0.2, -0.15) is 0 Å². The Morgan fingerprint density at radius 2 is 2.06 bits per heavy atom. The maximum absolute atomic E-state index is 5.67. The van der Waals surface area contributed by atoms with Gasteiger partial charge in [0.2, 0.25) is 0 Å². The van der Waals surface area contributed by atoms with E-state index in [1.165, 1.54) is 4.90 Å². The topological polar surface area (TPSA) is 28.7 Å². The van der Waals surface area contributed by atoms with Crippen LogP contribution in [-0.2, 0) is 6.42 Å². The van der Waals surface area contributed by atoms with Crippen molar-refractivity contribution in [3.05, 3.63) is 36.3 Å². The van der Waals surface area contributed by atoms with E-state index in [2.05, 4.69) is 40.5 Å². The number of nitrogens with one attached hydrogen (secondary N) is 1. The lowest BCUT2D eigenvalue weighted by Crippen LogP contribution is -1.88. The zero-order chi connectivity index (χ0) is 11.4. The Morgan fingerprint density at radius 3 is 2.69 bits per heavy atom. The molecule has 2 aromatic rings. The Labute approximate surface area is 104 Å². The van der Waals surface area contributed by atoms with Crippen molar-refractivity contribution in [1.29, 1.82) is 0 Å². The molecule has 0 saturated carbocycles. The van der Waals surface area contributed by atoms with E-state index in [4.69, 9.17) is 11.6 Å². The summed E-state index contributed by atoms with van der Waals surface area (Å²) in [6.07, 6.45) is 4.71. The van der Waals surface area contributed by atoms with Crippen molar-refractivity contribution in [2.45, 2.75) is 11.3 Å². The van der Waals surface area contributed by atoms with Crippen LogP contribution in [-0.4, -0.2) is 22.1 Å². The number of aryl methyl sites for hydroxylation is 1. The van der Waals surface area contributed by atoms with E-state index in [0.717, 1.165) is 23.5 Å². The highest BCUT2D eigenvalue weighted by Gasteiger charge is 2.02. The molecule has 4 heteroatoms. The zero-order valence-corrected chi connectivity index (χ0v) is 10.6. The third kappa shape index (κ3) is 2.60. The number of hydrogen-bond donors (Lipinski definition) is 1. The summed E-state index contributed by atoms with van der Waals surface area (Å²) in [5.41, 5.74) is 2.21. The van der Waals surface area contributed by atoms with Crippen molar-refractivity contribution in [1.82, 2.24) is 9.97 Å². The van der Waals surface area contributed by atoms with Crippen LogP contribution in [0.3, 0.4) is 0 Å². The summed E-state index contributed by atoms with van der Waals surface area (Å²) < 4.78 is 0. The minimum absolute atomic E-state index is 0.596. The first kappa shape index (κ1) is 11.6. The maximum atomic E-state index is 5.67. The minimum Gasteiger partial charge on any atom is -0.342 e. The SMILES string of the molecule is CSc1ccc(-c2cnc(CCCl)[nH]2)cc1. The van der Waals surface area contributed by atoms with Gasteiger partial charge in [0.05, 0.1) is 11.9 Å². The molecule has 0 bridgehead atoms. The molecular weight excluding hydrogens is 240 g/mol. The van der Waals surface area contributed by atoms with Crippen LogP contribution in [0.1, 0.15) is 5.82 Å². The first-order valence-corrected chi connectivity index (χ1v) is 6.83. The van der Waals surface area contributed by atoms with Crippen molar-refractivity contribution < 1.29 is 0 Å². The molecular formula is C12H13ClN2S. The number of imidazole rings is 1. The molecule has 16 heavy (non-hydrogen) atoms. The van der Waals surface area contributed by atoms with Gasteiger partial charge in [0.25, 0.3) is 0 Å². The van der Waals surface area contributed by atoms with Gasteiger partial charge in [0.15, 0.2) is 0 Å². The predicted molar refractivity (Wildman–Crippen MR) is 70.2 cm³/mol. The van der Waals surface area contributed by atoms with E-state index < -0.39 is 0 Å². The number of benzene rings is 1. The van der Waals surface area contributed by atoms with Gasteiger partial charge in [-0.05, 0) is 24.0 Å². The van der Waals surface area contributed by atoms with Gasteiger partial charge >= 0.3 is 0 Å². The Bertz CT molecular complexity index is 450. The molecule has 0 spiro atoms. The smallest absolute Gasteiger partial charge is 0.107 e. The summed E-state index contributed by atoms with van der Waals surface area (Å²) in [5.74, 6) is 1.54. The number of aromatic nitrogens is 2. The van der Waals surface area contributed by atoms with Crippen molar-refractivity contribution in [2.75, 3.05) is 12.1 Å². The van der Waals surface area contributed by atoms with Crippen LogP contribution in [0.25, 0.3) is 11.3 Å². The highest BCUT2D eigenvalue weighted by atomic mass is 35.5. The largest absolute Gasteiger partial charge is 0.342 e. The quantitative estimate of drug-likeness (QED) is 0.666.